The molecule has 1 N–H and O–H groups in total. The van der Waals surface area contributed by atoms with Crippen LogP contribution in [-0.2, 0) is 10.0 Å². The lowest BCUT2D eigenvalue weighted by Crippen LogP contribution is -2.16. The molecule has 0 spiro atoms. The van der Waals surface area contributed by atoms with E-state index >= 15 is 0 Å². The molecule has 4 nitrogen and oxygen atoms in total. The van der Waals surface area contributed by atoms with Crippen molar-refractivity contribution >= 4 is 32.8 Å². The van der Waals surface area contributed by atoms with Gasteiger partial charge in [-0.3, -0.25) is 9.52 Å². The average molecular weight is 323 g/mol. The highest BCUT2D eigenvalue weighted by Crippen LogP contribution is 2.21. The van der Waals surface area contributed by atoms with Crippen molar-refractivity contribution in [2.75, 3.05) is 10.5 Å². The molecule has 2 aromatic rings. The Balaban J connectivity index is 2.16. The van der Waals surface area contributed by atoms with Crippen LogP contribution >= 0.6 is 11.3 Å². The molecule has 0 amide bonds. The summed E-state index contributed by atoms with van der Waals surface area (Å²) in [4.78, 5) is 13.0. The van der Waals surface area contributed by atoms with Crippen molar-refractivity contribution in [3.8, 4) is 0 Å². The second-order valence-corrected chi connectivity index (χ2v) is 7.52. The van der Waals surface area contributed by atoms with Crippen LogP contribution < -0.4 is 4.72 Å². The molecule has 0 fully saturated rings. The van der Waals surface area contributed by atoms with Crippen molar-refractivity contribution in [1.29, 1.82) is 0 Å². The van der Waals surface area contributed by atoms with Gasteiger partial charge in [0.25, 0.3) is 0 Å². The SMILES string of the molecule is CCCS(=O)(=O)Nc1ccc(C(=O)c2sccc2C)cc1. The van der Waals surface area contributed by atoms with E-state index in [0.29, 0.717) is 22.5 Å². The zero-order valence-corrected chi connectivity index (χ0v) is 13.6. The van der Waals surface area contributed by atoms with Crippen molar-refractivity contribution in [3.05, 3.63) is 51.7 Å². The summed E-state index contributed by atoms with van der Waals surface area (Å²) in [7, 11) is -3.30. The Kier molecular flexibility index (Phi) is 4.80. The molecule has 0 aliphatic heterocycles. The predicted octanol–water partition coefficient (Wildman–Crippen LogP) is 3.44. The minimum atomic E-state index is -3.30. The average Bonchev–Trinajstić information content (AvgIpc) is 2.84. The third-order valence-electron chi connectivity index (χ3n) is 2.96. The molecule has 1 aromatic carbocycles. The number of thiophene rings is 1. The smallest absolute Gasteiger partial charge is 0.232 e. The number of nitrogens with one attached hydrogen (secondary N) is 1. The summed E-state index contributed by atoms with van der Waals surface area (Å²) in [5.74, 6) is 0.0488. The van der Waals surface area contributed by atoms with E-state index in [1.807, 2.05) is 25.3 Å². The van der Waals surface area contributed by atoms with Crippen LogP contribution in [0.3, 0.4) is 0 Å². The summed E-state index contributed by atoms with van der Waals surface area (Å²) in [6.45, 7) is 3.71. The van der Waals surface area contributed by atoms with Crippen molar-refractivity contribution in [1.82, 2.24) is 0 Å². The van der Waals surface area contributed by atoms with Gasteiger partial charge in [0.05, 0.1) is 10.6 Å². The minimum absolute atomic E-state index is 0.0366. The number of hydrogen-bond donors (Lipinski definition) is 1. The van der Waals surface area contributed by atoms with Crippen LogP contribution in [0.1, 0.15) is 34.1 Å². The third kappa shape index (κ3) is 3.92. The fraction of sp³-hybridized carbons (Fsp3) is 0.267. The molecule has 1 aromatic heterocycles. The maximum atomic E-state index is 12.3. The molecule has 21 heavy (non-hydrogen) atoms. The first-order chi connectivity index (χ1) is 9.93. The van der Waals surface area contributed by atoms with E-state index in [-0.39, 0.29) is 11.5 Å². The van der Waals surface area contributed by atoms with Gasteiger partial charge in [-0.25, -0.2) is 8.42 Å². The Morgan fingerprint density at radius 2 is 1.86 bits per heavy atom. The van der Waals surface area contributed by atoms with E-state index in [4.69, 9.17) is 0 Å². The van der Waals surface area contributed by atoms with E-state index in [1.165, 1.54) is 11.3 Å². The number of benzene rings is 1. The molecule has 0 atom stereocenters. The highest BCUT2D eigenvalue weighted by molar-refractivity contribution is 7.92. The van der Waals surface area contributed by atoms with Gasteiger partial charge in [0.1, 0.15) is 0 Å². The molecule has 0 radical (unpaired) electrons. The lowest BCUT2D eigenvalue weighted by molar-refractivity contribution is 0.104. The van der Waals surface area contributed by atoms with Gasteiger partial charge in [-0.1, -0.05) is 6.92 Å². The zero-order chi connectivity index (χ0) is 15.5. The van der Waals surface area contributed by atoms with Gasteiger partial charge in [0.2, 0.25) is 15.8 Å². The Morgan fingerprint density at radius 1 is 1.19 bits per heavy atom. The van der Waals surface area contributed by atoms with E-state index in [1.54, 1.807) is 24.3 Å². The van der Waals surface area contributed by atoms with E-state index in [2.05, 4.69) is 4.72 Å². The number of anilines is 1. The van der Waals surface area contributed by atoms with Crippen LogP contribution in [0.5, 0.6) is 0 Å². The first-order valence-corrected chi connectivity index (χ1v) is 9.15. The monoisotopic (exact) mass is 323 g/mol. The molecular weight excluding hydrogens is 306 g/mol. The van der Waals surface area contributed by atoms with E-state index in [9.17, 15) is 13.2 Å². The number of sulfonamides is 1. The molecule has 0 bridgehead atoms. The van der Waals surface area contributed by atoms with Crippen LogP contribution in [0.4, 0.5) is 5.69 Å². The molecule has 0 unspecified atom stereocenters. The fourth-order valence-electron chi connectivity index (χ4n) is 1.93. The first kappa shape index (κ1) is 15.7. The van der Waals surface area contributed by atoms with Crippen LogP contribution in [0, 0.1) is 6.92 Å². The Morgan fingerprint density at radius 3 is 2.38 bits per heavy atom. The molecule has 6 heteroatoms. The zero-order valence-electron chi connectivity index (χ0n) is 11.9. The summed E-state index contributed by atoms with van der Waals surface area (Å²) >= 11 is 1.41. The topological polar surface area (TPSA) is 63.2 Å². The predicted molar refractivity (Wildman–Crippen MR) is 86.6 cm³/mol. The number of aryl methyl sites for hydroxylation is 1. The Labute approximate surface area is 128 Å². The van der Waals surface area contributed by atoms with Gasteiger partial charge < -0.3 is 0 Å². The van der Waals surface area contributed by atoms with Gasteiger partial charge >= 0.3 is 0 Å². The van der Waals surface area contributed by atoms with Crippen molar-refractivity contribution in [2.24, 2.45) is 0 Å². The normalized spacial score (nSPS) is 11.3. The lowest BCUT2D eigenvalue weighted by Gasteiger charge is -2.07. The Hall–Kier alpha value is -1.66. The van der Waals surface area contributed by atoms with Crippen molar-refractivity contribution in [3.63, 3.8) is 0 Å². The summed E-state index contributed by atoms with van der Waals surface area (Å²) < 4.78 is 25.8. The maximum absolute atomic E-state index is 12.3. The second kappa shape index (κ2) is 6.41. The van der Waals surface area contributed by atoms with E-state index < -0.39 is 10.0 Å². The van der Waals surface area contributed by atoms with Gasteiger partial charge in [-0.05, 0) is 54.6 Å². The number of carbonyl (C=O) groups excluding carboxylic acids is 1. The summed E-state index contributed by atoms with van der Waals surface area (Å²) in [6.07, 6.45) is 0.559. The van der Waals surface area contributed by atoms with Gasteiger partial charge in [-0.2, -0.15) is 0 Å². The highest BCUT2D eigenvalue weighted by Gasteiger charge is 2.14. The third-order valence-corrected chi connectivity index (χ3v) is 5.47. The van der Waals surface area contributed by atoms with Gasteiger partial charge in [0, 0.05) is 11.3 Å². The molecular formula is C15H17NO3S2. The summed E-state index contributed by atoms with van der Waals surface area (Å²) in [5.41, 5.74) is 1.99. The van der Waals surface area contributed by atoms with Crippen LogP contribution in [0.2, 0.25) is 0 Å². The fourth-order valence-corrected chi connectivity index (χ4v) is 3.95. The number of hydrogen-bond acceptors (Lipinski definition) is 4. The van der Waals surface area contributed by atoms with Crippen LogP contribution in [-0.4, -0.2) is 20.0 Å². The van der Waals surface area contributed by atoms with Crippen molar-refractivity contribution in [2.45, 2.75) is 20.3 Å². The molecule has 2 rings (SSSR count). The molecule has 1 heterocycles. The highest BCUT2D eigenvalue weighted by atomic mass is 32.2. The maximum Gasteiger partial charge on any atom is 0.232 e. The number of ketones is 1. The number of carbonyl (C=O) groups is 1. The lowest BCUT2D eigenvalue weighted by atomic mass is 10.1. The van der Waals surface area contributed by atoms with Crippen LogP contribution in [0.25, 0.3) is 0 Å². The summed E-state index contributed by atoms with van der Waals surface area (Å²) in [5, 5.41) is 1.88. The van der Waals surface area contributed by atoms with Crippen LogP contribution in [0.15, 0.2) is 35.7 Å². The minimum Gasteiger partial charge on any atom is -0.288 e. The molecule has 0 aliphatic rings. The van der Waals surface area contributed by atoms with Gasteiger partial charge in [0.15, 0.2) is 0 Å². The number of rotatable bonds is 6. The first-order valence-electron chi connectivity index (χ1n) is 6.62. The Bertz CT molecular complexity index is 731. The summed E-state index contributed by atoms with van der Waals surface area (Å²) in [6, 6.07) is 8.43. The second-order valence-electron chi connectivity index (χ2n) is 4.76. The quantitative estimate of drug-likeness (QED) is 0.828. The van der Waals surface area contributed by atoms with Crippen molar-refractivity contribution < 1.29 is 13.2 Å². The molecule has 0 saturated carbocycles. The molecule has 0 aliphatic carbocycles. The molecule has 0 saturated heterocycles. The standard InChI is InChI=1S/C15H17NO3S2/c1-3-10-21(18,19)16-13-6-4-12(5-7-13)14(17)15-11(2)8-9-20-15/h4-9,16H,3,10H2,1-2H3. The molecule has 112 valence electrons. The van der Waals surface area contributed by atoms with Gasteiger partial charge in [-0.15, -0.1) is 11.3 Å². The largest absolute Gasteiger partial charge is 0.288 e. The van der Waals surface area contributed by atoms with E-state index in [0.717, 1.165) is 5.56 Å².